The fourth-order valence-corrected chi connectivity index (χ4v) is 2.90. The molecule has 7 heteroatoms. The highest BCUT2D eigenvalue weighted by Gasteiger charge is 2.56. The SMILES string of the molecule is COc1ccc(OCCNC(=O)C2(C(=O)Nc3ccc(C(C)=O)cc3)CC2)cc1. The number of benzene rings is 2. The number of rotatable bonds is 9. The van der Waals surface area contributed by atoms with E-state index in [-0.39, 0.29) is 17.6 Å². The molecule has 29 heavy (non-hydrogen) atoms. The van der Waals surface area contributed by atoms with Crippen molar-refractivity contribution in [3.8, 4) is 11.5 Å². The highest BCUT2D eigenvalue weighted by Crippen LogP contribution is 2.46. The van der Waals surface area contributed by atoms with Gasteiger partial charge in [-0.25, -0.2) is 0 Å². The third kappa shape index (κ3) is 4.93. The van der Waals surface area contributed by atoms with Crippen LogP contribution in [0.5, 0.6) is 11.5 Å². The lowest BCUT2D eigenvalue weighted by molar-refractivity contribution is -0.134. The number of methoxy groups -OCH3 is 1. The lowest BCUT2D eigenvalue weighted by atomic mass is 10.0. The summed E-state index contributed by atoms with van der Waals surface area (Å²) in [7, 11) is 1.59. The molecular formula is C22H24N2O5. The summed E-state index contributed by atoms with van der Waals surface area (Å²) in [6.45, 7) is 2.07. The number of carbonyl (C=O) groups excluding carboxylic acids is 3. The van der Waals surface area contributed by atoms with Crippen molar-refractivity contribution in [1.82, 2.24) is 5.32 Å². The molecular weight excluding hydrogens is 372 g/mol. The van der Waals surface area contributed by atoms with Gasteiger partial charge in [0.05, 0.1) is 13.7 Å². The van der Waals surface area contributed by atoms with Crippen molar-refractivity contribution in [2.75, 3.05) is 25.6 Å². The smallest absolute Gasteiger partial charge is 0.240 e. The zero-order valence-corrected chi connectivity index (χ0v) is 16.5. The molecule has 0 heterocycles. The normalized spacial score (nSPS) is 13.9. The van der Waals surface area contributed by atoms with E-state index in [2.05, 4.69) is 10.6 Å². The highest BCUT2D eigenvalue weighted by atomic mass is 16.5. The zero-order valence-electron chi connectivity index (χ0n) is 16.5. The number of anilines is 1. The van der Waals surface area contributed by atoms with E-state index in [1.54, 1.807) is 55.6 Å². The predicted octanol–water partition coefficient (Wildman–Crippen LogP) is 2.81. The molecule has 2 aromatic carbocycles. The molecule has 0 atom stereocenters. The van der Waals surface area contributed by atoms with E-state index in [0.29, 0.717) is 43.0 Å². The van der Waals surface area contributed by atoms with Crippen LogP contribution in [0.2, 0.25) is 0 Å². The molecule has 0 bridgehead atoms. The molecule has 1 aliphatic carbocycles. The van der Waals surface area contributed by atoms with Crippen molar-refractivity contribution >= 4 is 23.3 Å². The minimum Gasteiger partial charge on any atom is -0.497 e. The topological polar surface area (TPSA) is 93.7 Å². The molecule has 7 nitrogen and oxygen atoms in total. The number of carbonyl (C=O) groups is 3. The third-order valence-electron chi connectivity index (χ3n) is 4.88. The largest absolute Gasteiger partial charge is 0.497 e. The standard InChI is InChI=1S/C22H24N2O5/c1-15(25)16-3-5-17(6-4-16)24-21(27)22(11-12-22)20(26)23-13-14-29-19-9-7-18(28-2)8-10-19/h3-10H,11-14H2,1-2H3,(H,23,26)(H,24,27). The molecule has 0 saturated heterocycles. The second-order valence-electron chi connectivity index (χ2n) is 6.95. The number of nitrogens with one attached hydrogen (secondary N) is 2. The van der Waals surface area contributed by atoms with Crippen LogP contribution in [0.4, 0.5) is 5.69 Å². The van der Waals surface area contributed by atoms with Crippen LogP contribution in [0.3, 0.4) is 0 Å². The first-order chi connectivity index (χ1) is 13.9. The van der Waals surface area contributed by atoms with E-state index < -0.39 is 5.41 Å². The molecule has 152 valence electrons. The maximum absolute atomic E-state index is 12.6. The van der Waals surface area contributed by atoms with Crippen molar-refractivity contribution < 1.29 is 23.9 Å². The molecule has 1 aliphatic rings. The summed E-state index contributed by atoms with van der Waals surface area (Å²) in [5.41, 5.74) is 0.0972. The molecule has 2 amide bonds. The molecule has 0 spiro atoms. The van der Waals surface area contributed by atoms with Crippen LogP contribution < -0.4 is 20.1 Å². The maximum Gasteiger partial charge on any atom is 0.240 e. The summed E-state index contributed by atoms with van der Waals surface area (Å²) in [6, 6.07) is 13.8. The van der Waals surface area contributed by atoms with E-state index in [0.717, 1.165) is 5.75 Å². The van der Waals surface area contributed by atoms with Crippen molar-refractivity contribution in [2.45, 2.75) is 19.8 Å². The second-order valence-corrected chi connectivity index (χ2v) is 6.95. The average molecular weight is 396 g/mol. The predicted molar refractivity (Wildman–Crippen MR) is 108 cm³/mol. The van der Waals surface area contributed by atoms with E-state index in [1.807, 2.05) is 0 Å². The Morgan fingerprint density at radius 1 is 0.931 bits per heavy atom. The summed E-state index contributed by atoms with van der Waals surface area (Å²) in [4.78, 5) is 36.4. The number of hydrogen-bond donors (Lipinski definition) is 2. The van der Waals surface area contributed by atoms with Crippen molar-refractivity contribution in [3.63, 3.8) is 0 Å². The Morgan fingerprint density at radius 3 is 2.10 bits per heavy atom. The van der Waals surface area contributed by atoms with Crippen molar-refractivity contribution in [2.24, 2.45) is 5.41 Å². The minimum atomic E-state index is -1.03. The van der Waals surface area contributed by atoms with Gasteiger partial charge in [-0.05, 0) is 68.3 Å². The van der Waals surface area contributed by atoms with Crippen LogP contribution in [0.15, 0.2) is 48.5 Å². The van der Waals surface area contributed by atoms with Gasteiger partial charge >= 0.3 is 0 Å². The van der Waals surface area contributed by atoms with Gasteiger partial charge in [0, 0.05) is 11.3 Å². The summed E-state index contributed by atoms with van der Waals surface area (Å²) >= 11 is 0. The summed E-state index contributed by atoms with van der Waals surface area (Å²) < 4.78 is 10.7. The van der Waals surface area contributed by atoms with Crippen LogP contribution in [0.25, 0.3) is 0 Å². The van der Waals surface area contributed by atoms with Gasteiger partial charge in [-0.1, -0.05) is 0 Å². The van der Waals surface area contributed by atoms with E-state index >= 15 is 0 Å². The molecule has 2 N–H and O–H groups in total. The first-order valence-corrected chi connectivity index (χ1v) is 9.42. The van der Waals surface area contributed by atoms with Crippen LogP contribution >= 0.6 is 0 Å². The van der Waals surface area contributed by atoms with E-state index in [4.69, 9.17) is 9.47 Å². The number of ketones is 1. The lowest BCUT2D eigenvalue weighted by Crippen LogP contribution is -2.41. The van der Waals surface area contributed by atoms with Gasteiger partial charge < -0.3 is 20.1 Å². The van der Waals surface area contributed by atoms with Crippen LogP contribution in [0, 0.1) is 5.41 Å². The first-order valence-electron chi connectivity index (χ1n) is 9.42. The number of Topliss-reactive ketones (excluding diaryl/α,β-unsaturated/α-hetero) is 1. The Bertz CT molecular complexity index is 886. The average Bonchev–Trinajstić information content (AvgIpc) is 3.54. The van der Waals surface area contributed by atoms with Gasteiger partial charge in [-0.3, -0.25) is 14.4 Å². The zero-order chi connectivity index (χ0) is 20.9. The highest BCUT2D eigenvalue weighted by molar-refractivity contribution is 6.13. The van der Waals surface area contributed by atoms with Gasteiger partial charge in [-0.15, -0.1) is 0 Å². The molecule has 2 aromatic rings. The molecule has 0 unspecified atom stereocenters. The Morgan fingerprint density at radius 2 is 1.55 bits per heavy atom. The molecule has 3 rings (SSSR count). The Labute approximate surface area is 169 Å². The maximum atomic E-state index is 12.6. The lowest BCUT2D eigenvalue weighted by Gasteiger charge is -2.16. The quantitative estimate of drug-likeness (QED) is 0.386. The monoisotopic (exact) mass is 396 g/mol. The van der Waals surface area contributed by atoms with E-state index in [1.165, 1.54) is 6.92 Å². The Hall–Kier alpha value is -3.35. The number of amides is 2. The molecule has 1 fully saturated rings. The second kappa shape index (κ2) is 8.77. The molecule has 0 aromatic heterocycles. The van der Waals surface area contributed by atoms with Gasteiger partial charge in [-0.2, -0.15) is 0 Å². The fraction of sp³-hybridized carbons (Fsp3) is 0.318. The summed E-state index contributed by atoms with van der Waals surface area (Å²) in [5.74, 6) is 0.740. The number of hydrogen-bond acceptors (Lipinski definition) is 5. The number of ether oxygens (including phenoxy) is 2. The van der Waals surface area contributed by atoms with Crippen molar-refractivity contribution in [1.29, 1.82) is 0 Å². The molecule has 1 saturated carbocycles. The Balaban J connectivity index is 1.46. The Kier molecular flexibility index (Phi) is 6.16. The third-order valence-corrected chi connectivity index (χ3v) is 4.88. The van der Waals surface area contributed by atoms with Crippen LogP contribution in [-0.2, 0) is 9.59 Å². The van der Waals surface area contributed by atoms with Gasteiger partial charge in [0.1, 0.15) is 23.5 Å². The molecule has 0 radical (unpaired) electrons. The first kappa shape index (κ1) is 20.4. The molecule has 0 aliphatic heterocycles. The van der Waals surface area contributed by atoms with Crippen LogP contribution in [0.1, 0.15) is 30.1 Å². The fourth-order valence-electron chi connectivity index (χ4n) is 2.90. The van der Waals surface area contributed by atoms with Gasteiger partial charge in [0.15, 0.2) is 5.78 Å². The van der Waals surface area contributed by atoms with E-state index in [9.17, 15) is 14.4 Å². The minimum absolute atomic E-state index is 0.0437. The summed E-state index contributed by atoms with van der Waals surface area (Å²) in [6.07, 6.45) is 1.02. The van der Waals surface area contributed by atoms with Gasteiger partial charge in [0.25, 0.3) is 0 Å². The van der Waals surface area contributed by atoms with Crippen LogP contribution in [-0.4, -0.2) is 37.9 Å². The van der Waals surface area contributed by atoms with Crippen molar-refractivity contribution in [3.05, 3.63) is 54.1 Å². The van der Waals surface area contributed by atoms with Gasteiger partial charge in [0.2, 0.25) is 11.8 Å². The summed E-state index contributed by atoms with van der Waals surface area (Å²) in [5, 5.41) is 5.54.